The zero-order valence-electron chi connectivity index (χ0n) is 18.3. The van der Waals surface area contributed by atoms with Gasteiger partial charge in [0.2, 0.25) is 0 Å². The van der Waals surface area contributed by atoms with Gasteiger partial charge in [-0.25, -0.2) is 0 Å². The summed E-state index contributed by atoms with van der Waals surface area (Å²) in [5, 5.41) is 5.96. The summed E-state index contributed by atoms with van der Waals surface area (Å²) in [4.78, 5) is 0. The van der Waals surface area contributed by atoms with Crippen molar-refractivity contribution < 1.29 is 4.42 Å². The molecule has 1 fully saturated rings. The third kappa shape index (κ3) is 3.49. The number of hydrogen-bond acceptors (Lipinski definition) is 2. The van der Waals surface area contributed by atoms with E-state index < -0.39 is 0 Å². The summed E-state index contributed by atoms with van der Waals surface area (Å²) >= 11 is 0. The lowest BCUT2D eigenvalue weighted by molar-refractivity contribution is 0.443. The first-order chi connectivity index (χ1) is 14.5. The molecule has 5 rings (SSSR count). The van der Waals surface area contributed by atoms with Gasteiger partial charge in [-0.15, -0.1) is 0 Å². The molecule has 0 spiro atoms. The Morgan fingerprint density at radius 2 is 1.43 bits per heavy atom. The lowest BCUT2D eigenvalue weighted by atomic mass is 9.84. The maximum absolute atomic E-state index is 6.47. The molecule has 0 amide bonds. The Morgan fingerprint density at radius 3 is 2.13 bits per heavy atom. The zero-order chi connectivity index (χ0) is 20.7. The summed E-state index contributed by atoms with van der Waals surface area (Å²) in [5.74, 6) is 0.738. The van der Waals surface area contributed by atoms with Crippen LogP contribution < -0.4 is 5.32 Å². The predicted molar refractivity (Wildman–Crippen MR) is 128 cm³/mol. The first kappa shape index (κ1) is 19.2. The normalized spacial score (nSPS) is 15.7. The minimum Gasteiger partial charge on any atom is -0.454 e. The topological polar surface area (TPSA) is 25.2 Å². The van der Waals surface area contributed by atoms with E-state index in [9.17, 15) is 0 Å². The second-order valence-corrected chi connectivity index (χ2v) is 9.80. The van der Waals surface area contributed by atoms with E-state index in [1.54, 1.807) is 0 Å². The zero-order valence-corrected chi connectivity index (χ0v) is 18.3. The summed E-state index contributed by atoms with van der Waals surface area (Å²) < 4.78 is 6.47. The highest BCUT2D eigenvalue weighted by Gasteiger charge is 2.21. The fourth-order valence-corrected chi connectivity index (χ4v) is 4.94. The van der Waals surface area contributed by atoms with Gasteiger partial charge in [0, 0.05) is 22.0 Å². The van der Waals surface area contributed by atoms with Crippen molar-refractivity contribution >= 4 is 33.3 Å². The number of hydrogen-bond donors (Lipinski definition) is 1. The molecule has 0 aliphatic heterocycles. The smallest absolute Gasteiger partial charge is 0.158 e. The van der Waals surface area contributed by atoms with Gasteiger partial charge in [-0.3, -0.25) is 0 Å². The SMILES string of the molecule is CC(C)(C)c1cccc2c1oc1c(Nc3ccc(C4CCCCC4)cc3)cccc12. The second kappa shape index (κ2) is 7.50. The van der Waals surface area contributed by atoms with Gasteiger partial charge in [-0.05, 0) is 47.9 Å². The maximum atomic E-state index is 6.47. The number of nitrogens with one attached hydrogen (secondary N) is 1. The van der Waals surface area contributed by atoms with E-state index >= 15 is 0 Å². The van der Waals surface area contributed by atoms with Crippen LogP contribution in [0, 0.1) is 0 Å². The standard InChI is InChI=1S/C28H31NO/c1-28(2,3)24-13-7-11-22-23-12-8-14-25(27(23)30-26(22)24)29-21-17-15-20(16-18-21)19-9-5-4-6-10-19/h7-8,11-19,29H,4-6,9-10H2,1-3H3. The molecule has 2 heteroatoms. The minimum absolute atomic E-state index is 0.0376. The summed E-state index contributed by atoms with van der Waals surface area (Å²) in [7, 11) is 0. The monoisotopic (exact) mass is 397 g/mol. The van der Waals surface area contributed by atoms with Crippen LogP contribution in [0.5, 0.6) is 0 Å². The first-order valence-corrected chi connectivity index (χ1v) is 11.3. The molecule has 1 aromatic heterocycles. The maximum Gasteiger partial charge on any atom is 0.158 e. The number of anilines is 2. The molecule has 1 heterocycles. The third-order valence-electron chi connectivity index (χ3n) is 6.60. The van der Waals surface area contributed by atoms with Crippen molar-refractivity contribution in [1.82, 2.24) is 0 Å². The van der Waals surface area contributed by atoms with Crippen molar-refractivity contribution in [2.24, 2.45) is 0 Å². The van der Waals surface area contributed by atoms with Gasteiger partial charge in [0.1, 0.15) is 5.58 Å². The average molecular weight is 398 g/mol. The summed E-state index contributed by atoms with van der Waals surface area (Å²) in [6.45, 7) is 6.71. The van der Waals surface area contributed by atoms with Crippen LogP contribution in [-0.2, 0) is 5.41 Å². The van der Waals surface area contributed by atoms with Crippen molar-refractivity contribution in [3.8, 4) is 0 Å². The van der Waals surface area contributed by atoms with Gasteiger partial charge in [-0.2, -0.15) is 0 Å². The van der Waals surface area contributed by atoms with Crippen molar-refractivity contribution in [1.29, 1.82) is 0 Å². The molecule has 0 radical (unpaired) electrons. The van der Waals surface area contributed by atoms with E-state index in [-0.39, 0.29) is 5.41 Å². The Balaban J connectivity index is 1.50. The molecule has 3 aromatic carbocycles. The average Bonchev–Trinajstić information content (AvgIpc) is 3.14. The Morgan fingerprint density at radius 1 is 0.767 bits per heavy atom. The van der Waals surface area contributed by atoms with Gasteiger partial charge in [0.15, 0.2) is 5.58 Å². The lowest BCUT2D eigenvalue weighted by Crippen LogP contribution is -2.10. The molecule has 2 nitrogen and oxygen atoms in total. The second-order valence-electron chi connectivity index (χ2n) is 9.80. The van der Waals surface area contributed by atoms with Crippen molar-refractivity contribution in [3.63, 3.8) is 0 Å². The molecule has 0 saturated heterocycles. The number of fused-ring (bicyclic) bond motifs is 3. The molecule has 1 aliphatic rings. The predicted octanol–water partition coefficient (Wildman–Crippen LogP) is 8.67. The number of rotatable bonds is 3. The Hall–Kier alpha value is -2.74. The van der Waals surface area contributed by atoms with E-state index in [4.69, 9.17) is 4.42 Å². The molecular weight excluding hydrogens is 366 g/mol. The van der Waals surface area contributed by atoms with Gasteiger partial charge in [0.05, 0.1) is 5.69 Å². The molecule has 0 bridgehead atoms. The largest absolute Gasteiger partial charge is 0.454 e. The van der Waals surface area contributed by atoms with Crippen LogP contribution in [0.15, 0.2) is 65.1 Å². The number of para-hydroxylation sites is 2. The molecule has 1 N–H and O–H groups in total. The molecular formula is C28H31NO. The molecule has 154 valence electrons. The van der Waals surface area contributed by atoms with Gasteiger partial charge < -0.3 is 9.73 Å². The molecule has 0 unspecified atom stereocenters. The number of benzene rings is 3. The Kier molecular flexibility index (Phi) is 4.81. The summed E-state index contributed by atoms with van der Waals surface area (Å²) in [6.07, 6.45) is 6.81. The van der Waals surface area contributed by atoms with Crippen molar-refractivity contribution in [2.45, 2.75) is 64.2 Å². The molecule has 30 heavy (non-hydrogen) atoms. The van der Waals surface area contributed by atoms with E-state index in [2.05, 4.69) is 86.8 Å². The van der Waals surface area contributed by atoms with Crippen molar-refractivity contribution in [3.05, 3.63) is 71.8 Å². The summed E-state index contributed by atoms with van der Waals surface area (Å²) in [5.41, 5.74) is 6.83. The highest BCUT2D eigenvalue weighted by atomic mass is 16.3. The van der Waals surface area contributed by atoms with E-state index in [0.29, 0.717) is 0 Å². The van der Waals surface area contributed by atoms with Crippen molar-refractivity contribution in [2.75, 3.05) is 5.32 Å². The van der Waals surface area contributed by atoms with Gasteiger partial charge in [0.25, 0.3) is 0 Å². The Labute approximate surface area is 179 Å². The van der Waals surface area contributed by atoms with Gasteiger partial charge >= 0.3 is 0 Å². The van der Waals surface area contributed by atoms with E-state index in [0.717, 1.165) is 28.5 Å². The highest BCUT2D eigenvalue weighted by molar-refractivity contribution is 6.10. The van der Waals surface area contributed by atoms with Crippen LogP contribution in [0.1, 0.15) is 69.9 Å². The fourth-order valence-electron chi connectivity index (χ4n) is 4.94. The van der Waals surface area contributed by atoms with Crippen LogP contribution in [0.25, 0.3) is 21.9 Å². The third-order valence-corrected chi connectivity index (χ3v) is 6.60. The van der Waals surface area contributed by atoms with Crippen LogP contribution in [0.2, 0.25) is 0 Å². The molecule has 4 aromatic rings. The molecule has 0 atom stereocenters. The fraction of sp³-hybridized carbons (Fsp3) is 0.357. The van der Waals surface area contributed by atoms with E-state index in [1.165, 1.54) is 54.0 Å². The first-order valence-electron chi connectivity index (χ1n) is 11.3. The minimum atomic E-state index is 0.0376. The van der Waals surface area contributed by atoms with E-state index in [1.807, 2.05) is 0 Å². The number of furan rings is 1. The molecule has 1 saturated carbocycles. The van der Waals surface area contributed by atoms with Crippen LogP contribution >= 0.6 is 0 Å². The lowest BCUT2D eigenvalue weighted by Gasteiger charge is -2.22. The highest BCUT2D eigenvalue weighted by Crippen LogP contribution is 2.39. The van der Waals surface area contributed by atoms with Crippen LogP contribution in [0.4, 0.5) is 11.4 Å². The Bertz CT molecular complexity index is 1170. The quantitative estimate of drug-likeness (QED) is 0.374. The van der Waals surface area contributed by atoms with Crippen LogP contribution in [0.3, 0.4) is 0 Å². The summed E-state index contributed by atoms with van der Waals surface area (Å²) in [6, 6.07) is 21.9. The van der Waals surface area contributed by atoms with Crippen LogP contribution in [-0.4, -0.2) is 0 Å². The molecule has 1 aliphatic carbocycles. The van der Waals surface area contributed by atoms with Gasteiger partial charge in [-0.1, -0.05) is 82.5 Å².